The highest BCUT2D eigenvalue weighted by molar-refractivity contribution is 7.92. The molecule has 2 bridgehead atoms. The van der Waals surface area contributed by atoms with Gasteiger partial charge in [0.1, 0.15) is 5.75 Å². The molecule has 3 N–H and O–H groups in total. The molecule has 250 valence electrons. The zero-order valence-electron chi connectivity index (χ0n) is 24.4. The lowest BCUT2D eigenvalue weighted by Gasteiger charge is -2.32. The van der Waals surface area contributed by atoms with Crippen molar-refractivity contribution in [2.24, 2.45) is 17.8 Å². The fourth-order valence-corrected chi connectivity index (χ4v) is 7.54. The second kappa shape index (κ2) is 12.3. The van der Waals surface area contributed by atoms with E-state index in [0.29, 0.717) is 25.3 Å². The fourth-order valence-electron chi connectivity index (χ4n) is 6.74. The molecule has 10 nitrogen and oxygen atoms in total. The SMILES string of the molecule is COc1cc(F)c(OC2CCC(F)(C(=O)O)CC2)cc1C(=O)NC1C2CCC(C2)C1C(=O)Nc1cccc(S(=O)(=O)C(F)(F)F)c1. The molecule has 3 saturated carbocycles. The molecule has 4 atom stereocenters. The van der Waals surface area contributed by atoms with E-state index < -0.39 is 67.6 Å². The van der Waals surface area contributed by atoms with Gasteiger partial charge in [0.15, 0.2) is 11.6 Å². The van der Waals surface area contributed by atoms with Crippen molar-refractivity contribution in [2.45, 2.75) is 73.2 Å². The second-order valence-electron chi connectivity index (χ2n) is 11.9. The van der Waals surface area contributed by atoms with Crippen LogP contribution in [-0.2, 0) is 19.4 Å². The average Bonchev–Trinajstić information content (AvgIpc) is 3.60. The zero-order chi connectivity index (χ0) is 33.6. The van der Waals surface area contributed by atoms with Crippen LogP contribution in [0.5, 0.6) is 11.5 Å². The van der Waals surface area contributed by atoms with Crippen LogP contribution in [0, 0.1) is 23.6 Å². The monoisotopic (exact) mass is 674 g/mol. The molecule has 3 aliphatic rings. The van der Waals surface area contributed by atoms with Gasteiger partial charge in [-0.25, -0.2) is 22.0 Å². The minimum atomic E-state index is -5.65. The number of sulfone groups is 1. The number of amides is 2. The number of halogens is 5. The number of alkyl halides is 4. The molecule has 2 amide bonds. The molecular weight excluding hydrogens is 643 g/mol. The van der Waals surface area contributed by atoms with E-state index in [1.807, 2.05) is 0 Å². The van der Waals surface area contributed by atoms with Gasteiger partial charge in [0.05, 0.1) is 29.6 Å². The molecule has 2 aromatic rings. The Morgan fingerprint density at radius 2 is 1.67 bits per heavy atom. The topological polar surface area (TPSA) is 148 Å². The minimum Gasteiger partial charge on any atom is -0.496 e. The summed E-state index contributed by atoms with van der Waals surface area (Å²) in [4.78, 5) is 37.2. The van der Waals surface area contributed by atoms with Crippen LogP contribution in [0.25, 0.3) is 0 Å². The lowest BCUT2D eigenvalue weighted by atomic mass is 9.83. The van der Waals surface area contributed by atoms with E-state index in [0.717, 1.165) is 24.3 Å². The molecule has 0 aliphatic heterocycles. The lowest BCUT2D eigenvalue weighted by Crippen LogP contribution is -2.48. The van der Waals surface area contributed by atoms with Crippen LogP contribution in [-0.4, -0.2) is 61.7 Å². The average molecular weight is 675 g/mol. The summed E-state index contributed by atoms with van der Waals surface area (Å²) in [6, 6.07) is 5.16. The molecule has 0 aromatic heterocycles. The van der Waals surface area contributed by atoms with E-state index in [4.69, 9.17) is 14.6 Å². The molecule has 4 unspecified atom stereocenters. The third-order valence-corrected chi connectivity index (χ3v) is 10.6. The van der Waals surface area contributed by atoms with Gasteiger partial charge >= 0.3 is 11.5 Å². The van der Waals surface area contributed by atoms with Gasteiger partial charge in [-0.05, 0) is 81.0 Å². The predicted molar refractivity (Wildman–Crippen MR) is 151 cm³/mol. The van der Waals surface area contributed by atoms with Crippen molar-refractivity contribution in [3.8, 4) is 11.5 Å². The van der Waals surface area contributed by atoms with E-state index in [1.54, 1.807) is 0 Å². The maximum absolute atomic E-state index is 14.9. The predicted octanol–water partition coefficient (Wildman–Crippen LogP) is 5.03. The van der Waals surface area contributed by atoms with Crippen LogP contribution in [0.2, 0.25) is 0 Å². The first-order valence-corrected chi connectivity index (χ1v) is 16.0. The Labute approximate surface area is 260 Å². The van der Waals surface area contributed by atoms with Crippen molar-refractivity contribution in [1.29, 1.82) is 0 Å². The lowest BCUT2D eigenvalue weighted by molar-refractivity contribution is -0.154. The molecule has 0 radical (unpaired) electrons. The normalized spacial score (nSPS) is 27.6. The highest BCUT2D eigenvalue weighted by Crippen LogP contribution is 2.49. The summed E-state index contributed by atoms with van der Waals surface area (Å²) >= 11 is 0. The number of fused-ring (bicyclic) bond motifs is 2. The first-order valence-electron chi connectivity index (χ1n) is 14.5. The number of rotatable bonds is 9. The van der Waals surface area contributed by atoms with Gasteiger partial charge in [-0.15, -0.1) is 0 Å². The number of anilines is 1. The van der Waals surface area contributed by atoms with E-state index in [-0.39, 0.29) is 60.3 Å². The quantitative estimate of drug-likeness (QED) is 0.314. The third-order valence-electron chi connectivity index (χ3n) is 9.13. The van der Waals surface area contributed by atoms with E-state index in [2.05, 4.69) is 10.6 Å². The first kappa shape index (κ1) is 33.4. The number of hydrogen-bond donors (Lipinski definition) is 3. The molecule has 3 fully saturated rings. The Hall–Kier alpha value is -3.95. The summed E-state index contributed by atoms with van der Waals surface area (Å²) in [7, 11) is -4.43. The molecular formula is C30H31F5N2O8S. The van der Waals surface area contributed by atoms with Gasteiger partial charge < -0.3 is 25.2 Å². The van der Waals surface area contributed by atoms with Crippen LogP contribution in [0.4, 0.5) is 27.6 Å². The number of carbonyl (C=O) groups is 3. The van der Waals surface area contributed by atoms with Gasteiger partial charge in [0, 0.05) is 17.8 Å². The maximum Gasteiger partial charge on any atom is 0.501 e. The molecule has 16 heteroatoms. The maximum atomic E-state index is 14.9. The Morgan fingerprint density at radius 3 is 2.30 bits per heavy atom. The number of carboxylic acids is 1. The Bertz CT molecular complexity index is 1640. The Kier molecular flexibility index (Phi) is 8.96. The molecule has 0 saturated heterocycles. The summed E-state index contributed by atoms with van der Waals surface area (Å²) < 4.78 is 103. The van der Waals surface area contributed by atoms with Crippen LogP contribution in [0.15, 0.2) is 41.3 Å². The Morgan fingerprint density at radius 1 is 1.00 bits per heavy atom. The zero-order valence-corrected chi connectivity index (χ0v) is 25.2. The molecule has 3 aliphatic carbocycles. The van der Waals surface area contributed by atoms with Gasteiger partial charge in [0.2, 0.25) is 11.6 Å². The fraction of sp³-hybridized carbons (Fsp3) is 0.500. The van der Waals surface area contributed by atoms with Crippen molar-refractivity contribution >= 4 is 33.3 Å². The smallest absolute Gasteiger partial charge is 0.496 e. The van der Waals surface area contributed by atoms with Gasteiger partial charge in [-0.3, -0.25) is 9.59 Å². The number of carboxylic acid groups (broad SMARTS) is 1. The molecule has 0 spiro atoms. The van der Waals surface area contributed by atoms with E-state index in [9.17, 15) is 44.8 Å². The molecule has 46 heavy (non-hydrogen) atoms. The summed E-state index contributed by atoms with van der Waals surface area (Å²) in [5.74, 6) is -5.30. The van der Waals surface area contributed by atoms with E-state index >= 15 is 0 Å². The highest BCUT2D eigenvalue weighted by Gasteiger charge is 2.52. The van der Waals surface area contributed by atoms with Crippen LogP contribution >= 0.6 is 0 Å². The molecule has 2 aromatic carbocycles. The minimum absolute atomic E-state index is 0.00275. The van der Waals surface area contributed by atoms with Crippen LogP contribution < -0.4 is 20.1 Å². The van der Waals surface area contributed by atoms with Crippen LogP contribution in [0.1, 0.15) is 55.3 Å². The largest absolute Gasteiger partial charge is 0.501 e. The van der Waals surface area contributed by atoms with E-state index in [1.165, 1.54) is 13.2 Å². The second-order valence-corrected chi connectivity index (χ2v) is 13.8. The van der Waals surface area contributed by atoms with Crippen molar-refractivity contribution in [1.82, 2.24) is 5.32 Å². The van der Waals surface area contributed by atoms with Crippen LogP contribution in [0.3, 0.4) is 0 Å². The van der Waals surface area contributed by atoms with Crippen molar-refractivity contribution in [3.05, 3.63) is 47.8 Å². The summed E-state index contributed by atoms with van der Waals surface area (Å²) in [5.41, 5.74) is -8.21. The highest BCUT2D eigenvalue weighted by atomic mass is 32.2. The number of benzene rings is 2. The van der Waals surface area contributed by atoms with Crippen molar-refractivity contribution in [2.75, 3.05) is 12.4 Å². The van der Waals surface area contributed by atoms with Gasteiger partial charge in [-0.2, -0.15) is 13.2 Å². The number of hydrogen-bond acceptors (Lipinski definition) is 7. The van der Waals surface area contributed by atoms with Crippen molar-refractivity contribution < 1.29 is 59.3 Å². The number of ether oxygens (including phenoxy) is 2. The number of aliphatic carboxylic acids is 1. The van der Waals surface area contributed by atoms with Crippen molar-refractivity contribution in [3.63, 3.8) is 0 Å². The Balaban J connectivity index is 1.32. The summed E-state index contributed by atoms with van der Waals surface area (Å²) in [5, 5.41) is 14.4. The number of nitrogens with one attached hydrogen (secondary N) is 2. The van der Waals surface area contributed by atoms with Gasteiger partial charge in [-0.1, -0.05) is 6.07 Å². The molecule has 5 rings (SSSR count). The summed E-state index contributed by atoms with van der Waals surface area (Å²) in [6.45, 7) is 0. The standard InChI is InChI=1S/C30H31F5N2O8S/c1-44-22-14-21(31)23(45-18-7-9-29(32,10-8-18)28(40)41)13-20(22)26(38)37-25-16-6-5-15(11-16)24(25)27(39)36-17-3-2-4-19(12-17)46(42,43)30(33,34)35/h2-4,12-16,18,24-25H,5-11H2,1H3,(H,36,39)(H,37,38)(H,40,41). The molecule has 0 heterocycles. The third kappa shape index (κ3) is 6.35. The summed E-state index contributed by atoms with van der Waals surface area (Å²) in [6.07, 6.45) is 0.605. The number of carbonyl (C=O) groups excluding carboxylic acids is 2. The first-order chi connectivity index (χ1) is 21.5. The van der Waals surface area contributed by atoms with Gasteiger partial charge in [0.25, 0.3) is 15.7 Å². The number of methoxy groups -OCH3 is 1.